The average Bonchev–Trinajstić information content (AvgIpc) is 2.52. The second-order valence-electron chi connectivity index (χ2n) is 5.57. The van der Waals surface area contributed by atoms with Gasteiger partial charge in [0.05, 0.1) is 24.0 Å². The normalized spacial score (nSPS) is 18.0. The van der Waals surface area contributed by atoms with Crippen LogP contribution in [0.15, 0.2) is 18.2 Å². The van der Waals surface area contributed by atoms with Crippen molar-refractivity contribution in [2.75, 3.05) is 33.4 Å². The predicted octanol–water partition coefficient (Wildman–Crippen LogP) is 2.11. The Bertz CT molecular complexity index is 563. The highest BCUT2D eigenvalue weighted by atomic mass is 32.2. The highest BCUT2D eigenvalue weighted by molar-refractivity contribution is 7.78. The van der Waals surface area contributed by atoms with Crippen molar-refractivity contribution in [1.82, 2.24) is 4.90 Å². The van der Waals surface area contributed by atoms with Crippen molar-refractivity contribution in [2.45, 2.75) is 24.5 Å². The van der Waals surface area contributed by atoms with E-state index in [2.05, 4.69) is 11.0 Å². The van der Waals surface area contributed by atoms with E-state index in [1.807, 2.05) is 12.1 Å². The van der Waals surface area contributed by atoms with Gasteiger partial charge in [-0.1, -0.05) is 18.2 Å². The van der Waals surface area contributed by atoms with Crippen LogP contribution in [0.5, 0.6) is 0 Å². The zero-order valence-corrected chi connectivity index (χ0v) is 13.6. The van der Waals surface area contributed by atoms with Crippen molar-refractivity contribution in [3.8, 4) is 6.07 Å². The molecule has 0 saturated carbocycles. The van der Waals surface area contributed by atoms with Crippen molar-refractivity contribution in [2.24, 2.45) is 0 Å². The number of hydrogen-bond donors (Lipinski definition) is 1. The molecule has 0 spiro atoms. The maximum atomic E-state index is 11.1. The first kappa shape index (κ1) is 17.1. The van der Waals surface area contributed by atoms with Gasteiger partial charge in [0.25, 0.3) is 0 Å². The largest absolute Gasteiger partial charge is 0.383 e. The van der Waals surface area contributed by atoms with Crippen LogP contribution in [0.2, 0.25) is 0 Å². The van der Waals surface area contributed by atoms with Gasteiger partial charge in [-0.05, 0) is 43.0 Å². The molecule has 0 aliphatic carbocycles. The minimum absolute atomic E-state index is 0.0173. The molecule has 0 radical (unpaired) electrons. The number of nitriles is 1. The average molecular weight is 322 g/mol. The van der Waals surface area contributed by atoms with E-state index in [1.54, 1.807) is 13.2 Å². The van der Waals surface area contributed by atoms with Gasteiger partial charge in [0.1, 0.15) is 0 Å². The summed E-state index contributed by atoms with van der Waals surface area (Å²) < 4.78 is 25.2. The predicted molar refractivity (Wildman–Crippen MR) is 85.9 cm³/mol. The molecule has 0 amide bonds. The van der Waals surface area contributed by atoms with Crippen molar-refractivity contribution >= 4 is 11.1 Å². The van der Waals surface area contributed by atoms with Crippen molar-refractivity contribution in [3.63, 3.8) is 0 Å². The SMILES string of the molecule is COCCN1CCC(c2cccc(CS(=O)O)c2C#N)CC1. The van der Waals surface area contributed by atoms with Gasteiger partial charge < -0.3 is 14.2 Å². The standard InChI is InChI=1S/C16H22N2O3S/c1-21-10-9-18-7-5-13(6-8-18)15-4-2-3-14(12-22(19)20)16(15)11-17/h2-4,13H,5-10,12H2,1H3,(H,19,20). The summed E-state index contributed by atoms with van der Waals surface area (Å²) in [6.07, 6.45) is 2.01. The Labute approximate surface area is 134 Å². The molecule has 1 unspecified atom stereocenters. The van der Waals surface area contributed by atoms with Gasteiger partial charge in [0.2, 0.25) is 0 Å². The first-order chi connectivity index (χ1) is 10.7. The van der Waals surface area contributed by atoms with Crippen LogP contribution in [-0.4, -0.2) is 47.0 Å². The molecule has 1 N–H and O–H groups in total. The monoisotopic (exact) mass is 322 g/mol. The fourth-order valence-corrected chi connectivity index (χ4v) is 3.54. The molecular formula is C16H22N2O3S. The Hall–Kier alpha value is -1.26. The van der Waals surface area contributed by atoms with E-state index in [0.29, 0.717) is 17.0 Å². The lowest BCUT2D eigenvalue weighted by Gasteiger charge is -2.32. The Morgan fingerprint density at radius 3 is 2.77 bits per heavy atom. The zero-order chi connectivity index (χ0) is 15.9. The molecule has 22 heavy (non-hydrogen) atoms. The summed E-state index contributed by atoms with van der Waals surface area (Å²) in [5.41, 5.74) is 2.28. The summed E-state index contributed by atoms with van der Waals surface area (Å²) in [6.45, 7) is 3.67. The summed E-state index contributed by atoms with van der Waals surface area (Å²) in [4.78, 5) is 2.37. The van der Waals surface area contributed by atoms with Crippen LogP contribution < -0.4 is 0 Å². The number of piperidine rings is 1. The molecule has 1 saturated heterocycles. The van der Waals surface area contributed by atoms with Crippen LogP contribution in [0.3, 0.4) is 0 Å². The van der Waals surface area contributed by atoms with Crippen LogP contribution >= 0.6 is 0 Å². The Balaban J connectivity index is 2.10. The van der Waals surface area contributed by atoms with Gasteiger partial charge in [-0.3, -0.25) is 0 Å². The molecule has 0 aromatic heterocycles. The lowest BCUT2D eigenvalue weighted by molar-refractivity contribution is 0.130. The first-order valence-corrected chi connectivity index (χ1v) is 8.74. The molecule has 6 heteroatoms. The van der Waals surface area contributed by atoms with Crippen LogP contribution in [0.25, 0.3) is 0 Å². The van der Waals surface area contributed by atoms with Gasteiger partial charge in [-0.25, -0.2) is 4.21 Å². The summed E-state index contributed by atoms with van der Waals surface area (Å²) >= 11 is -1.92. The Morgan fingerprint density at radius 1 is 1.45 bits per heavy atom. The second-order valence-corrected chi connectivity index (χ2v) is 6.50. The molecule has 5 nitrogen and oxygen atoms in total. The van der Waals surface area contributed by atoms with Crippen LogP contribution in [0.4, 0.5) is 0 Å². The third kappa shape index (κ3) is 4.37. The van der Waals surface area contributed by atoms with E-state index >= 15 is 0 Å². The highest BCUT2D eigenvalue weighted by Gasteiger charge is 2.23. The number of methoxy groups -OCH3 is 1. The fraction of sp³-hybridized carbons (Fsp3) is 0.562. The Morgan fingerprint density at radius 2 is 2.18 bits per heavy atom. The number of hydrogen-bond acceptors (Lipinski definition) is 4. The minimum Gasteiger partial charge on any atom is -0.383 e. The number of benzene rings is 1. The van der Waals surface area contributed by atoms with Crippen molar-refractivity contribution in [1.29, 1.82) is 5.26 Å². The van der Waals surface area contributed by atoms with Gasteiger partial charge >= 0.3 is 0 Å². The molecule has 1 aliphatic heterocycles. The zero-order valence-electron chi connectivity index (χ0n) is 12.8. The summed E-state index contributed by atoms with van der Waals surface area (Å²) in [6, 6.07) is 7.87. The molecule has 120 valence electrons. The van der Waals surface area contributed by atoms with E-state index in [9.17, 15) is 9.47 Å². The molecule has 1 aromatic rings. The fourth-order valence-electron chi connectivity index (χ4n) is 3.04. The van der Waals surface area contributed by atoms with Crippen LogP contribution in [0.1, 0.15) is 35.4 Å². The second kappa shape index (κ2) is 8.39. The Kier molecular flexibility index (Phi) is 6.52. The topological polar surface area (TPSA) is 73.6 Å². The molecule has 1 aliphatic rings. The van der Waals surface area contributed by atoms with Crippen molar-refractivity contribution < 1.29 is 13.5 Å². The minimum atomic E-state index is -1.92. The molecule has 1 heterocycles. The van der Waals surface area contributed by atoms with E-state index in [1.165, 1.54) is 0 Å². The summed E-state index contributed by atoms with van der Waals surface area (Å²) in [5, 5.41) is 9.45. The van der Waals surface area contributed by atoms with Gasteiger partial charge in [0.15, 0.2) is 11.1 Å². The molecule has 1 aromatic carbocycles. The third-order valence-corrected chi connectivity index (χ3v) is 4.77. The van der Waals surface area contributed by atoms with Crippen molar-refractivity contribution in [3.05, 3.63) is 34.9 Å². The molecule has 2 rings (SSSR count). The lowest BCUT2D eigenvalue weighted by atomic mass is 9.85. The lowest BCUT2D eigenvalue weighted by Crippen LogP contribution is -2.35. The highest BCUT2D eigenvalue weighted by Crippen LogP contribution is 2.31. The maximum Gasteiger partial charge on any atom is 0.157 e. The molecular weight excluding hydrogens is 300 g/mol. The number of likely N-dealkylation sites (tertiary alicyclic amines) is 1. The van der Waals surface area contributed by atoms with Crippen LogP contribution in [0, 0.1) is 11.3 Å². The number of ether oxygens (including phenoxy) is 1. The number of rotatable bonds is 6. The maximum absolute atomic E-state index is 11.1. The molecule has 0 bridgehead atoms. The quantitative estimate of drug-likeness (QED) is 0.812. The van der Waals surface area contributed by atoms with E-state index in [-0.39, 0.29) is 5.75 Å². The van der Waals surface area contributed by atoms with Gasteiger partial charge in [0, 0.05) is 13.7 Å². The van der Waals surface area contributed by atoms with Gasteiger partial charge in [-0.2, -0.15) is 5.26 Å². The summed E-state index contributed by atoms with van der Waals surface area (Å²) in [5.74, 6) is 0.365. The smallest absolute Gasteiger partial charge is 0.157 e. The first-order valence-electron chi connectivity index (χ1n) is 7.46. The van der Waals surface area contributed by atoms with E-state index in [4.69, 9.17) is 9.29 Å². The van der Waals surface area contributed by atoms with Gasteiger partial charge in [-0.15, -0.1) is 0 Å². The van der Waals surface area contributed by atoms with E-state index < -0.39 is 11.1 Å². The van der Waals surface area contributed by atoms with E-state index in [0.717, 1.165) is 44.6 Å². The third-order valence-electron chi connectivity index (χ3n) is 4.21. The molecule has 1 atom stereocenters. The number of nitrogens with zero attached hydrogens (tertiary/aromatic N) is 2. The van der Waals surface area contributed by atoms with Crippen LogP contribution in [-0.2, 0) is 21.6 Å². The molecule has 1 fully saturated rings. The summed E-state index contributed by atoms with van der Waals surface area (Å²) in [7, 11) is 1.71.